The van der Waals surface area contributed by atoms with Gasteiger partial charge in [-0.2, -0.15) is 5.10 Å². The summed E-state index contributed by atoms with van der Waals surface area (Å²) in [6, 6.07) is 12.6. The van der Waals surface area contributed by atoms with Crippen LogP contribution in [0.3, 0.4) is 0 Å². The van der Waals surface area contributed by atoms with Gasteiger partial charge in [-0.1, -0.05) is 12.1 Å². The van der Waals surface area contributed by atoms with E-state index in [-0.39, 0.29) is 0 Å². The van der Waals surface area contributed by atoms with E-state index in [9.17, 15) is 0 Å². The second-order valence-electron chi connectivity index (χ2n) is 4.93. The van der Waals surface area contributed by atoms with Crippen LogP contribution >= 0.6 is 0 Å². The van der Waals surface area contributed by atoms with Crippen LogP contribution in [-0.2, 0) is 19.6 Å². The van der Waals surface area contributed by atoms with E-state index in [4.69, 9.17) is 0 Å². The highest BCUT2D eigenvalue weighted by atomic mass is 15.3. The summed E-state index contributed by atoms with van der Waals surface area (Å²) in [5.74, 6) is 0. The molecule has 0 aliphatic rings. The molecule has 0 aliphatic carbocycles. The van der Waals surface area contributed by atoms with E-state index in [1.807, 2.05) is 4.68 Å². The quantitative estimate of drug-likeness (QED) is 0.756. The second-order valence-corrected chi connectivity index (χ2v) is 4.93. The largest absolute Gasteiger partial charge is 0.379 e. The molecule has 3 aromatic rings. The van der Waals surface area contributed by atoms with Crippen molar-refractivity contribution in [1.82, 2.24) is 19.3 Å². The molecular formula is C16H19N5. The number of rotatable bonds is 6. The van der Waals surface area contributed by atoms with Crippen molar-refractivity contribution in [2.24, 2.45) is 0 Å². The van der Waals surface area contributed by atoms with Gasteiger partial charge in [-0.25, -0.2) is 9.67 Å². The van der Waals surface area contributed by atoms with Gasteiger partial charge in [0.1, 0.15) is 12.7 Å². The maximum Gasteiger partial charge on any atom is 0.137 e. The lowest BCUT2D eigenvalue weighted by Gasteiger charge is -2.10. The minimum atomic E-state index is 0.737. The van der Waals surface area contributed by atoms with Gasteiger partial charge in [0.05, 0.1) is 13.1 Å². The molecule has 0 bridgehead atoms. The third-order valence-electron chi connectivity index (χ3n) is 3.48. The van der Waals surface area contributed by atoms with E-state index in [0.717, 1.165) is 25.3 Å². The van der Waals surface area contributed by atoms with Crippen LogP contribution in [0.25, 0.3) is 0 Å². The topological polar surface area (TPSA) is 47.7 Å². The van der Waals surface area contributed by atoms with Crippen LogP contribution in [0.2, 0.25) is 0 Å². The fourth-order valence-electron chi connectivity index (χ4n) is 2.39. The van der Waals surface area contributed by atoms with Crippen LogP contribution in [0.5, 0.6) is 0 Å². The van der Waals surface area contributed by atoms with Crippen LogP contribution in [-0.4, -0.2) is 19.3 Å². The van der Waals surface area contributed by atoms with Crippen LogP contribution < -0.4 is 5.32 Å². The maximum atomic E-state index is 4.13. The number of aromatic nitrogens is 4. The zero-order chi connectivity index (χ0) is 14.5. The van der Waals surface area contributed by atoms with Crippen LogP contribution in [0.4, 0.5) is 5.69 Å². The minimum absolute atomic E-state index is 0.737. The Morgan fingerprint density at radius 1 is 1.19 bits per heavy atom. The predicted octanol–water partition coefficient (Wildman–Crippen LogP) is 2.76. The van der Waals surface area contributed by atoms with Crippen molar-refractivity contribution in [3.63, 3.8) is 0 Å². The Hall–Kier alpha value is -2.56. The molecule has 5 heteroatoms. The van der Waals surface area contributed by atoms with Crippen molar-refractivity contribution in [3.05, 3.63) is 66.5 Å². The number of benzene rings is 1. The third kappa shape index (κ3) is 3.31. The number of nitrogens with one attached hydrogen (secondary N) is 1. The number of anilines is 1. The summed E-state index contributed by atoms with van der Waals surface area (Å²) in [6.45, 7) is 4.72. The molecule has 1 aromatic carbocycles. The van der Waals surface area contributed by atoms with Crippen LogP contribution in [0.15, 0.2) is 55.2 Å². The van der Waals surface area contributed by atoms with Crippen LogP contribution in [0, 0.1) is 0 Å². The predicted molar refractivity (Wildman–Crippen MR) is 83.0 cm³/mol. The fraction of sp³-hybridized carbons (Fsp3) is 0.250. The van der Waals surface area contributed by atoms with Gasteiger partial charge in [-0.3, -0.25) is 0 Å². The molecule has 0 spiro atoms. The number of hydrogen-bond donors (Lipinski definition) is 1. The highest BCUT2D eigenvalue weighted by Gasteiger charge is 2.01. The summed E-state index contributed by atoms with van der Waals surface area (Å²) in [5.41, 5.74) is 3.62. The van der Waals surface area contributed by atoms with Crippen LogP contribution in [0.1, 0.15) is 18.2 Å². The summed E-state index contributed by atoms with van der Waals surface area (Å²) in [7, 11) is 0. The molecule has 3 rings (SSSR count). The summed E-state index contributed by atoms with van der Waals surface area (Å²) in [5, 5.41) is 7.61. The molecule has 5 nitrogen and oxygen atoms in total. The van der Waals surface area contributed by atoms with Crippen molar-refractivity contribution >= 4 is 5.69 Å². The first-order valence-electron chi connectivity index (χ1n) is 7.14. The molecule has 108 valence electrons. The number of nitrogens with zero attached hydrogens (tertiary/aromatic N) is 4. The molecule has 0 atom stereocenters. The van der Waals surface area contributed by atoms with Crippen molar-refractivity contribution in [2.45, 2.75) is 26.6 Å². The first kappa shape index (κ1) is 13.4. The molecule has 0 saturated carbocycles. The molecule has 21 heavy (non-hydrogen) atoms. The Morgan fingerprint density at radius 3 is 2.95 bits per heavy atom. The maximum absolute atomic E-state index is 4.13. The Balaban J connectivity index is 1.66. The Kier molecular flexibility index (Phi) is 4.00. The average molecular weight is 281 g/mol. The first-order chi connectivity index (χ1) is 10.3. The van der Waals surface area contributed by atoms with E-state index >= 15 is 0 Å². The lowest BCUT2D eigenvalue weighted by atomic mass is 10.2. The SMILES string of the molecule is CCn1cccc1CNc1cccc(Cn2cncn2)c1. The zero-order valence-corrected chi connectivity index (χ0v) is 12.1. The van der Waals surface area contributed by atoms with Gasteiger partial charge in [0, 0.05) is 24.1 Å². The molecule has 2 heterocycles. The van der Waals surface area contributed by atoms with Gasteiger partial charge in [-0.15, -0.1) is 0 Å². The van der Waals surface area contributed by atoms with E-state index in [2.05, 4.69) is 69.5 Å². The molecular weight excluding hydrogens is 262 g/mol. The molecule has 1 N–H and O–H groups in total. The standard InChI is InChI=1S/C16H19N5/c1-2-20-8-4-7-16(20)10-18-15-6-3-5-14(9-15)11-21-13-17-12-19-21/h3-9,12-13,18H,2,10-11H2,1H3. The lowest BCUT2D eigenvalue weighted by molar-refractivity contribution is 0.685. The molecule has 0 amide bonds. The van der Waals surface area contributed by atoms with E-state index in [0.29, 0.717) is 0 Å². The minimum Gasteiger partial charge on any atom is -0.379 e. The van der Waals surface area contributed by atoms with Crippen molar-refractivity contribution in [2.75, 3.05) is 5.32 Å². The second kappa shape index (κ2) is 6.26. The first-order valence-corrected chi connectivity index (χ1v) is 7.14. The number of aryl methyl sites for hydroxylation is 1. The molecule has 0 saturated heterocycles. The van der Waals surface area contributed by atoms with Gasteiger partial charge in [0.2, 0.25) is 0 Å². The summed E-state index contributed by atoms with van der Waals surface area (Å²) >= 11 is 0. The number of hydrogen-bond acceptors (Lipinski definition) is 3. The summed E-state index contributed by atoms with van der Waals surface area (Å²) in [6.07, 6.45) is 5.40. The van der Waals surface area contributed by atoms with Crippen molar-refractivity contribution in [3.8, 4) is 0 Å². The van der Waals surface area contributed by atoms with Gasteiger partial charge in [0.15, 0.2) is 0 Å². The molecule has 0 unspecified atom stereocenters. The Morgan fingerprint density at radius 2 is 2.14 bits per heavy atom. The molecule has 0 fully saturated rings. The molecule has 2 aromatic heterocycles. The van der Waals surface area contributed by atoms with E-state index in [1.54, 1.807) is 12.7 Å². The van der Waals surface area contributed by atoms with E-state index in [1.165, 1.54) is 11.3 Å². The third-order valence-corrected chi connectivity index (χ3v) is 3.48. The average Bonchev–Trinajstić information content (AvgIpc) is 3.16. The highest BCUT2D eigenvalue weighted by Crippen LogP contribution is 2.13. The monoisotopic (exact) mass is 281 g/mol. The Bertz CT molecular complexity index is 684. The summed E-state index contributed by atoms with van der Waals surface area (Å²) < 4.78 is 4.06. The van der Waals surface area contributed by atoms with Gasteiger partial charge in [-0.05, 0) is 36.8 Å². The van der Waals surface area contributed by atoms with Crippen molar-refractivity contribution in [1.29, 1.82) is 0 Å². The smallest absolute Gasteiger partial charge is 0.137 e. The van der Waals surface area contributed by atoms with Crippen molar-refractivity contribution < 1.29 is 0 Å². The normalized spacial score (nSPS) is 10.7. The summed E-state index contributed by atoms with van der Waals surface area (Å²) in [4.78, 5) is 3.96. The molecule has 0 aliphatic heterocycles. The fourth-order valence-corrected chi connectivity index (χ4v) is 2.39. The molecule has 0 radical (unpaired) electrons. The Labute approximate surface area is 124 Å². The van der Waals surface area contributed by atoms with Gasteiger partial charge in [0.25, 0.3) is 0 Å². The highest BCUT2D eigenvalue weighted by molar-refractivity contribution is 5.46. The van der Waals surface area contributed by atoms with Gasteiger partial charge >= 0.3 is 0 Å². The van der Waals surface area contributed by atoms with Gasteiger partial charge < -0.3 is 9.88 Å². The lowest BCUT2D eigenvalue weighted by Crippen LogP contribution is -2.06. The van der Waals surface area contributed by atoms with E-state index < -0.39 is 0 Å². The zero-order valence-electron chi connectivity index (χ0n) is 12.1.